The molecule has 0 bridgehead atoms. The van der Waals surface area contributed by atoms with Gasteiger partial charge in [-0.2, -0.15) is 0 Å². The van der Waals surface area contributed by atoms with Crippen molar-refractivity contribution in [3.63, 3.8) is 0 Å². The highest BCUT2D eigenvalue weighted by Crippen LogP contribution is 2.35. The predicted octanol–water partition coefficient (Wildman–Crippen LogP) is 4.05. The van der Waals surface area contributed by atoms with E-state index >= 15 is 0 Å². The molecule has 2 aromatic rings. The lowest BCUT2D eigenvalue weighted by Crippen LogP contribution is -2.49. The van der Waals surface area contributed by atoms with Gasteiger partial charge in [-0.3, -0.25) is 9.69 Å². The topological polar surface area (TPSA) is 87.7 Å². The van der Waals surface area contributed by atoms with E-state index in [0.717, 1.165) is 16.0 Å². The average molecular weight is 452 g/mol. The monoisotopic (exact) mass is 451 g/mol. The highest BCUT2D eigenvalue weighted by molar-refractivity contribution is 7.98. The number of nitrogens with zero attached hydrogens (tertiary/aromatic N) is 1. The fraction of sp³-hybridized carbons (Fsp3) is 0.292. The Bertz CT molecular complexity index is 1090. The molecule has 2 N–H and O–H groups in total. The Kier molecular flexibility index (Phi) is 6.23. The van der Waals surface area contributed by atoms with Crippen LogP contribution in [0.25, 0.3) is 0 Å². The van der Waals surface area contributed by atoms with Gasteiger partial charge in [-0.05, 0) is 47.6 Å². The van der Waals surface area contributed by atoms with Crippen LogP contribution in [0.15, 0.2) is 64.7 Å². The zero-order valence-corrected chi connectivity index (χ0v) is 19.0. The summed E-state index contributed by atoms with van der Waals surface area (Å²) < 4.78 is 5.23. The van der Waals surface area contributed by atoms with E-state index in [1.807, 2.05) is 48.7 Å². The Labute approximate surface area is 191 Å². The molecule has 2 aromatic carbocycles. The molecule has 0 saturated heterocycles. The molecular weight excluding hydrogens is 426 g/mol. The molecule has 0 aromatic heterocycles. The molecule has 4 rings (SSSR count). The number of urea groups is 1. The molecule has 0 aliphatic carbocycles. The van der Waals surface area contributed by atoms with Crippen LogP contribution in [0, 0.1) is 0 Å². The van der Waals surface area contributed by atoms with Crippen LogP contribution in [0.1, 0.15) is 36.9 Å². The van der Waals surface area contributed by atoms with Gasteiger partial charge < -0.3 is 15.4 Å². The third-order valence-electron chi connectivity index (χ3n) is 5.59. The molecular formula is C24H25N3O4S. The minimum absolute atomic E-state index is 0.0307. The lowest BCUT2D eigenvalue weighted by Gasteiger charge is -2.32. The van der Waals surface area contributed by atoms with E-state index in [9.17, 15) is 14.4 Å². The van der Waals surface area contributed by atoms with Gasteiger partial charge >= 0.3 is 12.0 Å². The van der Waals surface area contributed by atoms with Crippen molar-refractivity contribution in [1.29, 1.82) is 0 Å². The summed E-state index contributed by atoms with van der Waals surface area (Å²) in [6, 6.07) is 14.2. The quantitative estimate of drug-likeness (QED) is 0.511. The van der Waals surface area contributed by atoms with Crippen molar-refractivity contribution in [2.75, 3.05) is 24.7 Å². The smallest absolute Gasteiger partial charge is 0.338 e. The van der Waals surface area contributed by atoms with Crippen LogP contribution >= 0.6 is 11.8 Å². The molecule has 0 spiro atoms. The van der Waals surface area contributed by atoms with E-state index in [1.54, 1.807) is 17.8 Å². The van der Waals surface area contributed by atoms with Crippen LogP contribution in [-0.4, -0.2) is 42.2 Å². The molecule has 2 aliphatic heterocycles. The second kappa shape index (κ2) is 9.08. The number of hydrogen-bond acceptors (Lipinski definition) is 5. The van der Waals surface area contributed by atoms with Gasteiger partial charge in [-0.1, -0.05) is 38.1 Å². The van der Waals surface area contributed by atoms with Crippen LogP contribution in [0.2, 0.25) is 0 Å². The van der Waals surface area contributed by atoms with Crippen LogP contribution in [0.5, 0.6) is 0 Å². The molecule has 2 aliphatic rings. The number of nitrogens with one attached hydrogen (secondary N) is 2. The second-order valence-electron chi connectivity index (χ2n) is 8.01. The summed E-state index contributed by atoms with van der Waals surface area (Å²) in [4.78, 5) is 40.5. The Morgan fingerprint density at radius 2 is 1.97 bits per heavy atom. The third-order valence-corrected chi connectivity index (χ3v) is 6.33. The molecule has 166 valence electrons. The minimum Gasteiger partial charge on any atom is -0.456 e. The van der Waals surface area contributed by atoms with E-state index in [-0.39, 0.29) is 19.1 Å². The fourth-order valence-electron chi connectivity index (χ4n) is 3.84. The summed E-state index contributed by atoms with van der Waals surface area (Å²) in [7, 11) is 0. The Hall–Kier alpha value is -3.26. The molecule has 2 heterocycles. The lowest BCUT2D eigenvalue weighted by molar-refractivity contribution is -0.136. The predicted molar refractivity (Wildman–Crippen MR) is 123 cm³/mol. The van der Waals surface area contributed by atoms with Crippen molar-refractivity contribution in [1.82, 2.24) is 10.2 Å². The maximum atomic E-state index is 12.9. The van der Waals surface area contributed by atoms with Crippen LogP contribution in [-0.2, 0) is 14.3 Å². The van der Waals surface area contributed by atoms with Gasteiger partial charge in [0, 0.05) is 10.6 Å². The standard InChI is InChI=1S/C24H25N3O4S/c1-14(2)16-5-4-6-17(11-16)25-20(28)12-27-19-13-31-23(29)21(19)22(26-24(27)30)15-7-9-18(32-3)10-8-15/h4-11,14,22H,12-13H2,1-3H3,(H,25,28)(H,26,30)/t22-/m0/s1. The Morgan fingerprint density at radius 3 is 2.66 bits per heavy atom. The summed E-state index contributed by atoms with van der Waals surface area (Å²) in [5.41, 5.74) is 3.36. The highest BCUT2D eigenvalue weighted by atomic mass is 32.2. The number of anilines is 1. The number of amides is 3. The van der Waals surface area contributed by atoms with Gasteiger partial charge in [0.1, 0.15) is 13.2 Å². The molecule has 8 heteroatoms. The van der Waals surface area contributed by atoms with Crippen molar-refractivity contribution >= 4 is 35.4 Å². The third kappa shape index (κ3) is 4.36. The molecule has 7 nitrogen and oxygen atoms in total. The van der Waals surface area contributed by atoms with Crippen molar-refractivity contribution in [2.24, 2.45) is 0 Å². The lowest BCUT2D eigenvalue weighted by atomic mass is 9.96. The first-order valence-electron chi connectivity index (χ1n) is 10.4. The van der Waals surface area contributed by atoms with E-state index in [1.165, 1.54) is 4.90 Å². The van der Waals surface area contributed by atoms with Crippen molar-refractivity contribution in [3.8, 4) is 0 Å². The molecule has 1 atom stereocenters. The Morgan fingerprint density at radius 1 is 1.22 bits per heavy atom. The number of benzene rings is 2. The van der Waals surface area contributed by atoms with Gasteiger partial charge in [0.15, 0.2) is 0 Å². The second-order valence-corrected chi connectivity index (χ2v) is 8.89. The van der Waals surface area contributed by atoms with Gasteiger partial charge in [0.2, 0.25) is 5.91 Å². The van der Waals surface area contributed by atoms with E-state index < -0.39 is 18.0 Å². The van der Waals surface area contributed by atoms with Crippen molar-refractivity contribution in [2.45, 2.75) is 30.7 Å². The number of rotatable bonds is 6. The zero-order valence-electron chi connectivity index (χ0n) is 18.2. The summed E-state index contributed by atoms with van der Waals surface area (Å²) >= 11 is 1.61. The first kappa shape index (κ1) is 22.0. The molecule has 3 amide bonds. The fourth-order valence-corrected chi connectivity index (χ4v) is 4.25. The summed E-state index contributed by atoms with van der Waals surface area (Å²) in [6.07, 6.45) is 1.98. The number of carbonyl (C=O) groups is 3. The molecule has 0 saturated carbocycles. The number of carbonyl (C=O) groups excluding carboxylic acids is 3. The average Bonchev–Trinajstić information content (AvgIpc) is 3.17. The van der Waals surface area contributed by atoms with E-state index in [0.29, 0.717) is 22.9 Å². The molecule has 0 fully saturated rings. The summed E-state index contributed by atoms with van der Waals surface area (Å²) in [6.45, 7) is 3.91. The highest BCUT2D eigenvalue weighted by Gasteiger charge is 2.42. The van der Waals surface area contributed by atoms with E-state index in [2.05, 4.69) is 24.5 Å². The molecule has 0 unspecified atom stereocenters. The van der Waals surface area contributed by atoms with Crippen LogP contribution < -0.4 is 10.6 Å². The van der Waals surface area contributed by atoms with Gasteiger partial charge in [-0.25, -0.2) is 9.59 Å². The first-order valence-corrected chi connectivity index (χ1v) is 11.6. The van der Waals surface area contributed by atoms with Gasteiger partial charge in [0.25, 0.3) is 0 Å². The zero-order chi connectivity index (χ0) is 22.8. The summed E-state index contributed by atoms with van der Waals surface area (Å²) in [5.74, 6) is -0.500. The van der Waals surface area contributed by atoms with Gasteiger partial charge in [0.05, 0.1) is 17.3 Å². The SMILES string of the molecule is CSc1ccc([C@@H]2NC(=O)N(CC(=O)Nc3cccc(C(C)C)c3)C3=C2C(=O)OC3)cc1. The number of esters is 1. The minimum atomic E-state index is -0.606. The largest absolute Gasteiger partial charge is 0.456 e. The van der Waals surface area contributed by atoms with E-state index in [4.69, 9.17) is 4.74 Å². The van der Waals surface area contributed by atoms with Crippen LogP contribution in [0.3, 0.4) is 0 Å². The number of cyclic esters (lactones) is 1. The normalized spacial score (nSPS) is 17.9. The molecule has 0 radical (unpaired) electrons. The maximum Gasteiger partial charge on any atom is 0.338 e. The number of thioether (sulfide) groups is 1. The van der Waals surface area contributed by atoms with Crippen molar-refractivity contribution in [3.05, 3.63) is 70.9 Å². The Balaban J connectivity index is 1.56. The molecule has 32 heavy (non-hydrogen) atoms. The first-order chi connectivity index (χ1) is 15.4. The maximum absolute atomic E-state index is 12.9. The van der Waals surface area contributed by atoms with Crippen molar-refractivity contribution < 1.29 is 19.1 Å². The number of hydrogen-bond donors (Lipinski definition) is 2. The number of ether oxygens (including phenoxy) is 1. The van der Waals surface area contributed by atoms with Gasteiger partial charge in [-0.15, -0.1) is 11.8 Å². The summed E-state index contributed by atoms with van der Waals surface area (Å²) in [5, 5.41) is 5.70. The van der Waals surface area contributed by atoms with Crippen LogP contribution in [0.4, 0.5) is 10.5 Å².